The molecule has 2 rings (SSSR count). The average Bonchev–Trinajstić information content (AvgIpc) is 2.95. The zero-order valence-corrected chi connectivity index (χ0v) is 12.5. The minimum atomic E-state index is -0.0195. The fourth-order valence-corrected chi connectivity index (χ4v) is 3.30. The quantitative estimate of drug-likeness (QED) is 0.929. The van der Waals surface area contributed by atoms with Crippen LogP contribution in [0.4, 0.5) is 0 Å². The van der Waals surface area contributed by atoms with Crippen LogP contribution in [0.3, 0.4) is 0 Å². The molecule has 3 nitrogen and oxygen atoms in total. The highest BCUT2D eigenvalue weighted by molar-refractivity contribution is 7.10. The van der Waals surface area contributed by atoms with Crippen molar-refractivity contribution < 1.29 is 4.79 Å². The highest BCUT2D eigenvalue weighted by Crippen LogP contribution is 2.28. The van der Waals surface area contributed by atoms with Crippen molar-refractivity contribution >= 4 is 29.7 Å². The van der Waals surface area contributed by atoms with Crippen molar-refractivity contribution in [2.24, 2.45) is 11.7 Å². The van der Waals surface area contributed by atoms with E-state index in [1.807, 2.05) is 29.3 Å². The zero-order chi connectivity index (χ0) is 12.4. The molecule has 0 bridgehead atoms. The van der Waals surface area contributed by atoms with E-state index >= 15 is 0 Å². The summed E-state index contributed by atoms with van der Waals surface area (Å²) < 4.78 is 0. The number of halogens is 1. The number of nitrogens with two attached hydrogens (primary N) is 1. The van der Waals surface area contributed by atoms with E-state index in [-0.39, 0.29) is 24.2 Å². The third-order valence-corrected chi connectivity index (χ3v) is 4.67. The van der Waals surface area contributed by atoms with Gasteiger partial charge in [0.25, 0.3) is 0 Å². The molecule has 0 saturated carbocycles. The van der Waals surface area contributed by atoms with E-state index in [1.165, 1.54) is 0 Å². The van der Waals surface area contributed by atoms with Crippen molar-refractivity contribution in [1.29, 1.82) is 0 Å². The van der Waals surface area contributed by atoms with Gasteiger partial charge in [0.05, 0.1) is 5.92 Å². The van der Waals surface area contributed by atoms with E-state index in [0.29, 0.717) is 18.5 Å². The van der Waals surface area contributed by atoms with Gasteiger partial charge in [-0.2, -0.15) is 0 Å². The smallest absolute Gasteiger partial charge is 0.230 e. The molecule has 2 heterocycles. The van der Waals surface area contributed by atoms with E-state index in [0.717, 1.165) is 17.8 Å². The standard InChI is InChI=1S/C13H20N2OS.ClH/c1-9-6-11(7-14)8-15(9)13(16)10(2)12-4-3-5-17-12;/h3-5,9-11H,6-8,14H2,1-2H3;1H. The second-order valence-corrected chi connectivity index (χ2v) is 5.89. The zero-order valence-electron chi connectivity index (χ0n) is 10.8. The van der Waals surface area contributed by atoms with Crippen LogP contribution in [0.15, 0.2) is 17.5 Å². The molecule has 1 aliphatic rings. The van der Waals surface area contributed by atoms with Crippen molar-refractivity contribution in [3.05, 3.63) is 22.4 Å². The molecule has 1 aromatic heterocycles. The van der Waals surface area contributed by atoms with E-state index in [2.05, 4.69) is 6.92 Å². The van der Waals surface area contributed by atoms with Gasteiger partial charge in [0.1, 0.15) is 0 Å². The molecule has 0 spiro atoms. The molecule has 1 aromatic rings. The topological polar surface area (TPSA) is 46.3 Å². The Labute approximate surface area is 119 Å². The Balaban J connectivity index is 0.00000162. The molecule has 1 saturated heterocycles. The van der Waals surface area contributed by atoms with Gasteiger partial charge in [-0.25, -0.2) is 0 Å². The molecule has 3 unspecified atom stereocenters. The van der Waals surface area contributed by atoms with E-state index in [4.69, 9.17) is 5.73 Å². The lowest BCUT2D eigenvalue weighted by Crippen LogP contribution is -2.37. The Kier molecular flexibility index (Phi) is 5.63. The third-order valence-electron chi connectivity index (χ3n) is 3.62. The normalized spacial score (nSPS) is 24.7. The molecule has 0 aliphatic carbocycles. The van der Waals surface area contributed by atoms with Crippen molar-refractivity contribution in [2.75, 3.05) is 13.1 Å². The van der Waals surface area contributed by atoms with Gasteiger partial charge in [-0.15, -0.1) is 23.7 Å². The Hall–Kier alpha value is -0.580. The molecule has 2 N–H and O–H groups in total. The summed E-state index contributed by atoms with van der Waals surface area (Å²) >= 11 is 1.65. The number of amides is 1. The van der Waals surface area contributed by atoms with Gasteiger partial charge in [0, 0.05) is 17.5 Å². The monoisotopic (exact) mass is 288 g/mol. The second kappa shape index (κ2) is 6.55. The van der Waals surface area contributed by atoms with Crippen molar-refractivity contribution in [2.45, 2.75) is 32.2 Å². The van der Waals surface area contributed by atoms with Gasteiger partial charge >= 0.3 is 0 Å². The fourth-order valence-electron chi connectivity index (χ4n) is 2.53. The Morgan fingerprint density at radius 1 is 1.67 bits per heavy atom. The lowest BCUT2D eigenvalue weighted by molar-refractivity contribution is -0.133. The highest BCUT2D eigenvalue weighted by atomic mass is 35.5. The maximum Gasteiger partial charge on any atom is 0.230 e. The molecule has 1 fully saturated rings. The Bertz CT molecular complexity index is 382. The van der Waals surface area contributed by atoms with Crippen LogP contribution in [0, 0.1) is 5.92 Å². The molecule has 1 amide bonds. The summed E-state index contributed by atoms with van der Waals surface area (Å²) in [5.41, 5.74) is 5.69. The predicted molar refractivity (Wildman–Crippen MR) is 78.3 cm³/mol. The van der Waals surface area contributed by atoms with Crippen molar-refractivity contribution in [3.8, 4) is 0 Å². The number of likely N-dealkylation sites (tertiary alicyclic amines) is 1. The molecular weight excluding hydrogens is 268 g/mol. The lowest BCUT2D eigenvalue weighted by Gasteiger charge is -2.24. The van der Waals surface area contributed by atoms with Gasteiger partial charge in [0.15, 0.2) is 0 Å². The molecule has 3 atom stereocenters. The average molecular weight is 289 g/mol. The minimum Gasteiger partial charge on any atom is -0.339 e. The van der Waals surface area contributed by atoms with Crippen LogP contribution in [0.1, 0.15) is 31.1 Å². The minimum absolute atomic E-state index is 0. The first kappa shape index (κ1) is 15.5. The summed E-state index contributed by atoms with van der Waals surface area (Å²) in [5, 5.41) is 2.02. The van der Waals surface area contributed by atoms with Gasteiger partial charge in [-0.3, -0.25) is 4.79 Å². The number of hydrogen-bond donors (Lipinski definition) is 1. The highest BCUT2D eigenvalue weighted by Gasteiger charge is 2.34. The van der Waals surface area contributed by atoms with Gasteiger partial charge in [0.2, 0.25) is 5.91 Å². The maximum atomic E-state index is 12.4. The Morgan fingerprint density at radius 2 is 2.39 bits per heavy atom. The summed E-state index contributed by atoms with van der Waals surface area (Å²) in [6.45, 7) is 5.62. The van der Waals surface area contributed by atoms with Crippen LogP contribution in [0.25, 0.3) is 0 Å². The summed E-state index contributed by atoms with van der Waals surface area (Å²) in [5.74, 6) is 0.703. The van der Waals surface area contributed by atoms with Crippen LogP contribution >= 0.6 is 23.7 Å². The van der Waals surface area contributed by atoms with Crippen LogP contribution in [0.5, 0.6) is 0 Å². The van der Waals surface area contributed by atoms with Crippen LogP contribution in [0.2, 0.25) is 0 Å². The van der Waals surface area contributed by atoms with Crippen LogP contribution < -0.4 is 5.73 Å². The number of nitrogens with zero attached hydrogens (tertiary/aromatic N) is 1. The second-order valence-electron chi connectivity index (χ2n) is 4.91. The number of rotatable bonds is 3. The summed E-state index contributed by atoms with van der Waals surface area (Å²) in [6.07, 6.45) is 1.04. The maximum absolute atomic E-state index is 12.4. The first-order valence-corrected chi connectivity index (χ1v) is 7.05. The van der Waals surface area contributed by atoms with Crippen LogP contribution in [-0.2, 0) is 4.79 Å². The van der Waals surface area contributed by atoms with Gasteiger partial charge in [-0.1, -0.05) is 6.07 Å². The predicted octanol–water partition coefficient (Wildman–Crippen LogP) is 2.47. The Morgan fingerprint density at radius 3 is 2.89 bits per heavy atom. The van der Waals surface area contributed by atoms with E-state index in [1.54, 1.807) is 11.3 Å². The summed E-state index contributed by atoms with van der Waals surface area (Å²) in [7, 11) is 0. The van der Waals surface area contributed by atoms with Crippen molar-refractivity contribution in [3.63, 3.8) is 0 Å². The van der Waals surface area contributed by atoms with Gasteiger partial charge < -0.3 is 10.6 Å². The third kappa shape index (κ3) is 3.05. The van der Waals surface area contributed by atoms with E-state index in [9.17, 15) is 4.79 Å². The number of hydrogen-bond acceptors (Lipinski definition) is 3. The van der Waals surface area contributed by atoms with E-state index < -0.39 is 0 Å². The lowest BCUT2D eigenvalue weighted by atomic mass is 10.1. The molecule has 1 aliphatic heterocycles. The summed E-state index contributed by atoms with van der Waals surface area (Å²) in [4.78, 5) is 15.6. The number of carbonyl (C=O) groups excluding carboxylic acids is 1. The largest absolute Gasteiger partial charge is 0.339 e. The molecular formula is C13H21ClN2OS. The first-order valence-electron chi connectivity index (χ1n) is 6.17. The fraction of sp³-hybridized carbons (Fsp3) is 0.615. The molecule has 5 heteroatoms. The SMILES string of the molecule is CC(C(=O)N1CC(CN)CC1C)c1cccs1.Cl. The number of thiophene rings is 1. The van der Waals surface area contributed by atoms with Gasteiger partial charge in [-0.05, 0) is 44.2 Å². The van der Waals surface area contributed by atoms with Crippen LogP contribution in [-0.4, -0.2) is 29.9 Å². The molecule has 0 radical (unpaired) electrons. The summed E-state index contributed by atoms with van der Waals surface area (Å²) in [6, 6.07) is 4.37. The number of carbonyl (C=O) groups is 1. The molecule has 102 valence electrons. The molecule has 0 aromatic carbocycles. The first-order chi connectivity index (χ1) is 8.13. The molecule has 18 heavy (non-hydrogen) atoms. The van der Waals surface area contributed by atoms with Crippen molar-refractivity contribution in [1.82, 2.24) is 4.90 Å².